The van der Waals surface area contributed by atoms with Gasteiger partial charge in [0.25, 0.3) is 0 Å². The Balaban J connectivity index is 0.000000235. The molecule has 10 fully saturated rings. The van der Waals surface area contributed by atoms with Gasteiger partial charge in [-0.25, -0.2) is 9.79 Å². The summed E-state index contributed by atoms with van der Waals surface area (Å²) in [6.45, 7) is 38.7. The smallest absolute Gasteiger partial charge is 0.307 e. The van der Waals surface area contributed by atoms with Gasteiger partial charge in [0.2, 0.25) is 53.1 Å². The first-order valence-electron chi connectivity index (χ1n) is 42.8. The van der Waals surface area contributed by atoms with Gasteiger partial charge in [-0.2, -0.15) is 0 Å². The second kappa shape index (κ2) is 38.9. The molecule has 6 heterocycles. The van der Waals surface area contributed by atoms with Gasteiger partial charge in [0.1, 0.15) is 11.4 Å². The molecule has 0 aromatic rings. The molecule has 23 nitrogen and oxygen atoms in total. The second-order valence-corrected chi connectivity index (χ2v) is 39.1. The number of carbonyl (C=O) groups excluding carboxylic acids is 15. The van der Waals surface area contributed by atoms with E-state index in [0.717, 1.165) is 89.9 Å². The monoisotopic (exact) mass is 1570 g/mol. The van der Waals surface area contributed by atoms with Crippen molar-refractivity contribution in [2.45, 2.75) is 313 Å². The van der Waals surface area contributed by atoms with Crippen molar-refractivity contribution >= 4 is 88.0 Å². The highest BCUT2D eigenvalue weighted by molar-refractivity contribution is 6.38. The fourth-order valence-electron chi connectivity index (χ4n) is 19.6. The molecule has 4 saturated carbocycles. The second-order valence-electron chi connectivity index (χ2n) is 39.1. The molecule has 6 amide bonds. The van der Waals surface area contributed by atoms with Crippen molar-refractivity contribution in [3.63, 3.8) is 0 Å². The quantitative estimate of drug-likeness (QED) is 0.0257. The number of imide groups is 2. The molecule has 4 aliphatic carbocycles. The lowest BCUT2D eigenvalue weighted by Gasteiger charge is -2.38. The molecule has 0 spiro atoms. The number of hydrogen-bond acceptors (Lipinski definition) is 19. The molecule has 10 aliphatic rings. The van der Waals surface area contributed by atoms with Crippen LogP contribution in [-0.4, -0.2) is 183 Å². The number of piperidine rings is 4. The van der Waals surface area contributed by atoms with Crippen LogP contribution in [0.1, 0.15) is 277 Å². The molecular weight excluding hydrogens is 1440 g/mol. The zero-order valence-electron chi connectivity index (χ0n) is 70.9. The number of ether oxygens (including phenoxy) is 3. The minimum atomic E-state index is -0.820. The fraction of sp³-hybridized carbons (Fsp3) is 0.789. The third-order valence-electron chi connectivity index (χ3n) is 27.1. The minimum Gasteiger partial charge on any atom is -0.460 e. The molecule has 6 aliphatic heterocycles. The first-order chi connectivity index (χ1) is 53.0. The number of amides is 6. The first kappa shape index (κ1) is 91.7. The van der Waals surface area contributed by atoms with Crippen molar-refractivity contribution in [3.05, 3.63) is 25.3 Å². The van der Waals surface area contributed by atoms with E-state index in [-0.39, 0.29) is 186 Å². The molecule has 0 aromatic heterocycles. The average Bonchev–Trinajstić information content (AvgIpc) is 1.53. The number of esters is 1. The van der Waals surface area contributed by atoms with Crippen molar-refractivity contribution in [3.8, 4) is 0 Å². The van der Waals surface area contributed by atoms with Crippen molar-refractivity contribution in [1.29, 1.82) is 0 Å². The minimum absolute atomic E-state index is 0.0106. The zero-order valence-corrected chi connectivity index (χ0v) is 70.9. The number of ketones is 7. The summed E-state index contributed by atoms with van der Waals surface area (Å²) in [7, 11) is 0. The first-order valence-corrected chi connectivity index (χ1v) is 42.8. The molecule has 0 aromatic carbocycles. The number of nitrogens with zero attached hydrogens (tertiary/aromatic N) is 5. The Morgan fingerprint density at radius 2 is 0.912 bits per heavy atom. The topological polar surface area (TPSA) is 309 Å². The van der Waals surface area contributed by atoms with E-state index in [1.165, 1.54) is 9.80 Å². The molecule has 0 N–H and O–H groups in total. The lowest BCUT2D eigenvalue weighted by molar-refractivity contribution is -0.162. The van der Waals surface area contributed by atoms with E-state index in [1.54, 1.807) is 48.8 Å². The number of rotatable bonds is 21. The van der Waals surface area contributed by atoms with Crippen LogP contribution in [0.2, 0.25) is 0 Å². The highest BCUT2D eigenvalue weighted by Crippen LogP contribution is 2.66. The maximum absolute atomic E-state index is 14.7. The van der Waals surface area contributed by atoms with Crippen LogP contribution in [0, 0.1) is 98.6 Å². The lowest BCUT2D eigenvalue weighted by Crippen LogP contribution is -2.51. The number of carbonyl (C=O) groups is 14. The van der Waals surface area contributed by atoms with Gasteiger partial charge >= 0.3 is 5.97 Å². The van der Waals surface area contributed by atoms with Gasteiger partial charge in [0, 0.05) is 107 Å². The number of Topliss-reactive ketones (excluding diaryl/α,β-unsaturated/α-hetero) is 7. The van der Waals surface area contributed by atoms with Crippen LogP contribution < -0.4 is 0 Å². The van der Waals surface area contributed by atoms with Gasteiger partial charge in [0.05, 0.1) is 55.1 Å². The lowest BCUT2D eigenvalue weighted by atomic mass is 9.76. The Bertz CT molecular complexity index is 3560. The zero-order chi connectivity index (χ0) is 83.6. The highest BCUT2D eigenvalue weighted by Gasteiger charge is 2.71. The average molecular weight is 1580 g/mol. The van der Waals surface area contributed by atoms with Gasteiger partial charge in [-0.15, -0.1) is 13.2 Å². The molecule has 4 unspecified atom stereocenters. The number of isocyanates is 1. The Kier molecular flexibility index (Phi) is 31.6. The Morgan fingerprint density at radius 1 is 0.531 bits per heavy atom. The number of aliphatic imine (C=N–C) groups is 1. The van der Waals surface area contributed by atoms with Crippen LogP contribution in [0.3, 0.4) is 0 Å². The molecule has 23 heteroatoms. The predicted molar refractivity (Wildman–Crippen MR) is 425 cm³/mol. The van der Waals surface area contributed by atoms with Crippen LogP contribution in [-0.2, 0) is 86.1 Å². The van der Waals surface area contributed by atoms with E-state index in [0.29, 0.717) is 64.8 Å². The number of allylic oxidation sites excluding steroid dienone is 2. The van der Waals surface area contributed by atoms with E-state index in [4.69, 9.17) is 14.2 Å². The molecular formula is C90H135N5O18. The van der Waals surface area contributed by atoms with Crippen molar-refractivity contribution < 1.29 is 86.1 Å². The number of hydrogen-bond donors (Lipinski definition) is 0. The largest absolute Gasteiger partial charge is 0.460 e. The summed E-state index contributed by atoms with van der Waals surface area (Å²) >= 11 is 0. The molecule has 4 bridgehead atoms. The summed E-state index contributed by atoms with van der Waals surface area (Å²) in [5, 5.41) is 0. The highest BCUT2D eigenvalue weighted by atomic mass is 16.6. The maximum atomic E-state index is 14.7. The number of likely N-dealkylation sites (tertiary alicyclic amines) is 2. The van der Waals surface area contributed by atoms with Gasteiger partial charge in [0.15, 0.2) is 23.1 Å². The van der Waals surface area contributed by atoms with Gasteiger partial charge < -0.3 is 24.0 Å². The van der Waals surface area contributed by atoms with Crippen LogP contribution in [0.25, 0.3) is 0 Å². The van der Waals surface area contributed by atoms with Crippen LogP contribution in [0.5, 0.6) is 0 Å². The third-order valence-corrected chi connectivity index (χ3v) is 27.1. The number of fused-ring (bicyclic) bond motifs is 10. The SMILES string of the molecule is C=CCCC(=O)C(=O)[C@@H]1CCCCCCCO[C@@H](C)[C@H](CC(=O)C[C@H](CN2C(=O)C3CCC(C3)C2=O)C(C)(C)C)C(=O)N2C[C@H]3[C@@H]([C@H]2C(=O)C1)C3(C)C.C=CCCC(=O)C(=O)[C@@H]1CCCCCCCO[C@@H](C)[C@H](CC(=O)OC(C)(C)C)C(=O)N2C[C@H]3[C@@H]([C@H]2C(=O)C1)C3(C)C.CC(C)(C)[C@@H](CN1C(=O)C2CCC(C2)C1=O)N=C=O. The van der Waals surface area contributed by atoms with Crippen LogP contribution in [0.4, 0.5) is 0 Å². The third kappa shape index (κ3) is 22.9. The van der Waals surface area contributed by atoms with Crippen molar-refractivity contribution in [1.82, 2.24) is 19.6 Å². The molecule has 0 radical (unpaired) electrons. The predicted octanol–water partition coefficient (Wildman–Crippen LogP) is 13.1. The van der Waals surface area contributed by atoms with Gasteiger partial charge in [-0.05, 0) is 163 Å². The summed E-state index contributed by atoms with van der Waals surface area (Å²) < 4.78 is 17.9. The normalized spacial score (nSPS) is 31.5. The van der Waals surface area contributed by atoms with Gasteiger partial charge in [-0.1, -0.05) is 133 Å². The van der Waals surface area contributed by atoms with Crippen LogP contribution >= 0.6 is 0 Å². The van der Waals surface area contributed by atoms with Crippen LogP contribution in [0.15, 0.2) is 30.3 Å². The van der Waals surface area contributed by atoms with E-state index in [9.17, 15) is 71.9 Å². The summed E-state index contributed by atoms with van der Waals surface area (Å²) in [5.41, 5.74) is -1.60. The van der Waals surface area contributed by atoms with Gasteiger partial charge in [-0.3, -0.25) is 76.9 Å². The molecule has 10 rings (SSSR count). The standard InChI is InChI=1S/C43H64N2O8.C33H51NO7.C14H20N2O3/c1-8-9-16-34(47)38(49)27-15-13-11-10-12-14-19-53-26(2)32(41(52)44-25-33-36(43(33,6)7)37(44)35(48)21-27)23-31(46)22-30(42(3,4)5)24-45-39(50)28-17-18-29(20-28)40(45)51;1-8-9-16-25(35)30(38)22-15-13-11-10-12-14-17-40-21(2)23(19-27(37)41-32(3,4)5)31(39)34-20-24-28(33(24,6)7)29(34)26(36)18-22;1-14(2,3)11(15-8-17)7-16-12(18)9-4-5-10(6-9)13(16)19/h8,26-30,32-33,36-37H,1,9-25H2,2-7H3;8,21-24,28-29H,1,9-20H2,2-7H3;9-11H,4-7H2,1-3H3/t26-,27+,28?,29?,30+,32-,33-,36-,37+;21-,22+,23-,24-,28-,29+;9?,10?,11-/m001/s1. The fourth-order valence-corrected chi connectivity index (χ4v) is 19.6. The molecule has 628 valence electrons. The summed E-state index contributed by atoms with van der Waals surface area (Å²) in [6.07, 6.45) is 18.4. The molecule has 6 saturated heterocycles. The van der Waals surface area contributed by atoms with E-state index in [2.05, 4.69) is 45.8 Å². The van der Waals surface area contributed by atoms with E-state index >= 15 is 0 Å². The molecule has 113 heavy (non-hydrogen) atoms. The summed E-state index contributed by atoms with van der Waals surface area (Å²) in [6, 6.07) is -1.80. The van der Waals surface area contributed by atoms with Crippen molar-refractivity contribution in [2.75, 3.05) is 39.4 Å². The maximum Gasteiger partial charge on any atom is 0.307 e. The summed E-state index contributed by atoms with van der Waals surface area (Å²) in [4.78, 5) is 208. The van der Waals surface area contributed by atoms with E-state index < -0.39 is 88.7 Å². The Labute approximate surface area is 671 Å². The molecule has 18 atom stereocenters. The Hall–Kier alpha value is -6.84. The van der Waals surface area contributed by atoms with E-state index in [1.807, 2.05) is 55.4 Å². The Morgan fingerprint density at radius 3 is 1.28 bits per heavy atom. The van der Waals surface area contributed by atoms with Crippen molar-refractivity contribution in [2.24, 2.45) is 104 Å². The summed E-state index contributed by atoms with van der Waals surface area (Å²) in [5.74, 6) is -7.19.